The molecule has 0 fully saturated rings. The third kappa shape index (κ3) is 3.19. The van der Waals surface area contributed by atoms with Gasteiger partial charge in [-0.3, -0.25) is 0 Å². The van der Waals surface area contributed by atoms with Gasteiger partial charge >= 0.3 is 0 Å². The number of benzene rings is 2. The fraction of sp³-hybridized carbons (Fsp3) is 0.143. The summed E-state index contributed by atoms with van der Waals surface area (Å²) in [6.45, 7) is 1.98. The maximum Gasteiger partial charge on any atom is 0.160 e. The number of anilines is 1. The van der Waals surface area contributed by atoms with Crippen molar-refractivity contribution in [1.82, 2.24) is 0 Å². The Hall–Kier alpha value is -1.17. The number of nitrogens with one attached hydrogen (secondary N) is 1. The third-order valence-corrected chi connectivity index (χ3v) is 3.39. The van der Waals surface area contributed by atoms with Crippen LogP contribution in [0.1, 0.15) is 18.5 Å². The average Bonchev–Trinajstić information content (AvgIpc) is 2.34. The van der Waals surface area contributed by atoms with Crippen molar-refractivity contribution in [2.75, 3.05) is 5.32 Å². The van der Waals surface area contributed by atoms with E-state index in [4.69, 9.17) is 0 Å². The van der Waals surface area contributed by atoms with Crippen LogP contribution in [0.3, 0.4) is 0 Å². The van der Waals surface area contributed by atoms with Gasteiger partial charge in [0.25, 0.3) is 0 Å². The lowest BCUT2D eigenvalue weighted by Crippen LogP contribution is -2.06. The van der Waals surface area contributed by atoms with E-state index in [2.05, 4.69) is 27.9 Å². The zero-order valence-corrected chi connectivity index (χ0v) is 11.9. The Morgan fingerprint density at radius 3 is 2.28 bits per heavy atom. The first-order chi connectivity index (χ1) is 8.56. The first kappa shape index (κ1) is 13.3. The highest BCUT2D eigenvalue weighted by Crippen LogP contribution is 2.21. The van der Waals surface area contributed by atoms with Crippen molar-refractivity contribution in [3.05, 3.63) is 63.2 Å². The second kappa shape index (κ2) is 5.65. The van der Waals surface area contributed by atoms with Gasteiger partial charge in [0.1, 0.15) is 0 Å². The normalized spacial score (nSPS) is 12.2. The second-order valence-electron chi connectivity index (χ2n) is 4.05. The fourth-order valence-corrected chi connectivity index (χ4v) is 2.03. The van der Waals surface area contributed by atoms with Gasteiger partial charge in [0, 0.05) is 21.4 Å². The van der Waals surface area contributed by atoms with Crippen LogP contribution in [0.4, 0.5) is 14.5 Å². The van der Waals surface area contributed by atoms with E-state index >= 15 is 0 Å². The van der Waals surface area contributed by atoms with Gasteiger partial charge in [-0.05, 0) is 59.3 Å². The molecule has 1 atom stereocenters. The van der Waals surface area contributed by atoms with E-state index in [0.717, 1.165) is 15.2 Å². The summed E-state index contributed by atoms with van der Waals surface area (Å²) in [5.41, 5.74) is 1.67. The summed E-state index contributed by atoms with van der Waals surface area (Å²) in [5, 5.41) is 3.14. The van der Waals surface area contributed by atoms with Gasteiger partial charge in [-0.1, -0.05) is 12.1 Å². The summed E-state index contributed by atoms with van der Waals surface area (Å²) in [4.78, 5) is 0. The first-order valence-electron chi connectivity index (χ1n) is 5.53. The Morgan fingerprint density at radius 1 is 1.00 bits per heavy atom. The molecule has 2 aromatic rings. The molecule has 4 heteroatoms. The van der Waals surface area contributed by atoms with Crippen LogP contribution < -0.4 is 5.32 Å². The molecule has 94 valence electrons. The fourth-order valence-electron chi connectivity index (χ4n) is 1.67. The molecule has 1 N–H and O–H groups in total. The molecule has 0 heterocycles. The molecular formula is C14H12F2IN. The highest BCUT2D eigenvalue weighted by molar-refractivity contribution is 14.1. The molecule has 18 heavy (non-hydrogen) atoms. The van der Waals surface area contributed by atoms with E-state index in [1.54, 1.807) is 0 Å². The standard InChI is InChI=1S/C14H12F2IN/c1-9(10-2-4-11(17)5-3-10)18-12-6-7-13(15)14(16)8-12/h2-9,18H,1H3. The van der Waals surface area contributed by atoms with Crippen LogP contribution in [0, 0.1) is 15.2 Å². The molecule has 1 nitrogen and oxygen atoms in total. The van der Waals surface area contributed by atoms with Gasteiger partial charge in [-0.25, -0.2) is 8.78 Å². The van der Waals surface area contributed by atoms with E-state index in [0.29, 0.717) is 5.69 Å². The zero-order valence-electron chi connectivity index (χ0n) is 9.75. The SMILES string of the molecule is CC(Nc1ccc(F)c(F)c1)c1ccc(I)cc1. The lowest BCUT2D eigenvalue weighted by Gasteiger charge is -2.16. The van der Waals surface area contributed by atoms with Crippen molar-refractivity contribution in [1.29, 1.82) is 0 Å². The topological polar surface area (TPSA) is 12.0 Å². The summed E-state index contributed by atoms with van der Waals surface area (Å²) in [7, 11) is 0. The van der Waals surface area contributed by atoms with Crippen molar-refractivity contribution in [2.24, 2.45) is 0 Å². The summed E-state index contributed by atoms with van der Waals surface area (Å²) in [6.07, 6.45) is 0. The molecule has 0 radical (unpaired) electrons. The van der Waals surface area contributed by atoms with Gasteiger partial charge < -0.3 is 5.32 Å². The third-order valence-electron chi connectivity index (χ3n) is 2.67. The predicted octanol–water partition coefficient (Wildman–Crippen LogP) is 4.74. The molecule has 0 aliphatic heterocycles. The van der Waals surface area contributed by atoms with Crippen LogP contribution in [-0.2, 0) is 0 Å². The number of rotatable bonds is 3. The van der Waals surface area contributed by atoms with Crippen LogP contribution in [0.5, 0.6) is 0 Å². The Balaban J connectivity index is 2.13. The van der Waals surface area contributed by atoms with Crippen molar-refractivity contribution < 1.29 is 8.78 Å². The zero-order chi connectivity index (χ0) is 13.1. The molecule has 1 unspecified atom stereocenters. The molecule has 2 aromatic carbocycles. The van der Waals surface area contributed by atoms with Crippen molar-refractivity contribution in [3.63, 3.8) is 0 Å². The average molecular weight is 359 g/mol. The summed E-state index contributed by atoms with van der Waals surface area (Å²) in [6, 6.07) is 11.9. The summed E-state index contributed by atoms with van der Waals surface area (Å²) in [5.74, 6) is -1.67. The molecule has 0 bridgehead atoms. The molecule has 0 aliphatic carbocycles. The lowest BCUT2D eigenvalue weighted by molar-refractivity contribution is 0.509. The number of hydrogen-bond acceptors (Lipinski definition) is 1. The smallest absolute Gasteiger partial charge is 0.160 e. The van der Waals surface area contributed by atoms with Crippen LogP contribution >= 0.6 is 22.6 Å². The minimum Gasteiger partial charge on any atom is -0.378 e. The number of hydrogen-bond donors (Lipinski definition) is 1. The molecule has 0 spiro atoms. The van der Waals surface area contributed by atoms with Crippen LogP contribution in [0.15, 0.2) is 42.5 Å². The molecular weight excluding hydrogens is 347 g/mol. The van der Waals surface area contributed by atoms with Gasteiger partial charge in [-0.15, -0.1) is 0 Å². The highest BCUT2D eigenvalue weighted by atomic mass is 127. The van der Waals surface area contributed by atoms with Crippen molar-refractivity contribution >= 4 is 28.3 Å². The van der Waals surface area contributed by atoms with E-state index < -0.39 is 11.6 Å². The summed E-state index contributed by atoms with van der Waals surface area (Å²) < 4.78 is 27.0. The first-order valence-corrected chi connectivity index (χ1v) is 6.61. The van der Waals surface area contributed by atoms with Gasteiger partial charge in [0.2, 0.25) is 0 Å². The van der Waals surface area contributed by atoms with Gasteiger partial charge in [0.15, 0.2) is 11.6 Å². The van der Waals surface area contributed by atoms with Gasteiger partial charge in [0.05, 0.1) is 0 Å². The molecule has 0 saturated heterocycles. The van der Waals surface area contributed by atoms with Crippen LogP contribution in [0.2, 0.25) is 0 Å². The van der Waals surface area contributed by atoms with E-state index in [1.807, 2.05) is 31.2 Å². The van der Waals surface area contributed by atoms with E-state index in [9.17, 15) is 8.78 Å². The minimum absolute atomic E-state index is 0.0341. The van der Waals surface area contributed by atoms with Gasteiger partial charge in [-0.2, -0.15) is 0 Å². The van der Waals surface area contributed by atoms with Crippen molar-refractivity contribution in [3.8, 4) is 0 Å². The monoisotopic (exact) mass is 359 g/mol. The maximum absolute atomic E-state index is 13.1. The predicted molar refractivity (Wildman–Crippen MR) is 77.6 cm³/mol. The highest BCUT2D eigenvalue weighted by Gasteiger charge is 2.07. The molecule has 0 aliphatic rings. The second-order valence-corrected chi connectivity index (χ2v) is 5.29. The van der Waals surface area contributed by atoms with E-state index in [1.165, 1.54) is 12.1 Å². The number of halogens is 3. The Kier molecular flexibility index (Phi) is 4.16. The molecule has 0 aromatic heterocycles. The minimum atomic E-state index is -0.838. The molecule has 0 amide bonds. The maximum atomic E-state index is 13.1. The Morgan fingerprint density at radius 2 is 1.67 bits per heavy atom. The quantitative estimate of drug-likeness (QED) is 0.781. The lowest BCUT2D eigenvalue weighted by atomic mass is 10.1. The van der Waals surface area contributed by atoms with E-state index in [-0.39, 0.29) is 6.04 Å². The Labute approximate surface area is 118 Å². The largest absolute Gasteiger partial charge is 0.378 e. The molecule has 0 saturated carbocycles. The molecule has 2 rings (SSSR count). The van der Waals surface area contributed by atoms with Crippen LogP contribution in [0.25, 0.3) is 0 Å². The Bertz CT molecular complexity index is 540. The summed E-state index contributed by atoms with van der Waals surface area (Å²) >= 11 is 2.24. The van der Waals surface area contributed by atoms with Crippen LogP contribution in [-0.4, -0.2) is 0 Å². The van der Waals surface area contributed by atoms with Crippen molar-refractivity contribution in [2.45, 2.75) is 13.0 Å².